The van der Waals surface area contributed by atoms with Gasteiger partial charge in [0.1, 0.15) is 6.04 Å². The fourth-order valence-corrected chi connectivity index (χ4v) is 2.59. The zero-order valence-corrected chi connectivity index (χ0v) is 17.4. The molecule has 2 atom stereocenters. The maximum Gasteiger partial charge on any atom is 0.328 e. The number of methoxy groups -OCH3 is 2. The topological polar surface area (TPSA) is 93.7 Å². The number of benzene rings is 1. The first-order chi connectivity index (χ1) is 13.2. The summed E-state index contributed by atoms with van der Waals surface area (Å²) in [5, 5.41) is 5.81. The number of amides is 1. The van der Waals surface area contributed by atoms with Crippen LogP contribution < -0.4 is 10.6 Å². The zero-order valence-electron chi connectivity index (χ0n) is 17.4. The highest BCUT2D eigenvalue weighted by Crippen LogP contribution is 2.17. The van der Waals surface area contributed by atoms with Crippen molar-refractivity contribution in [3.8, 4) is 0 Å². The molecule has 0 radical (unpaired) electrons. The maximum absolute atomic E-state index is 12.8. The standard InChI is InChI=1S/C21H32N2O5/c1-21(2,3)11-12-22-16(14-18(24)27-4)19(25)23-17(20(26)28-5)13-15-9-7-6-8-10-15/h6-10,16-17,22H,11-14H2,1-5H3,(H,23,25)/t16-,17-/m0/s1. The number of hydrogen-bond acceptors (Lipinski definition) is 6. The average molecular weight is 392 g/mol. The molecule has 0 aliphatic rings. The number of hydrogen-bond donors (Lipinski definition) is 2. The smallest absolute Gasteiger partial charge is 0.328 e. The molecule has 0 bridgehead atoms. The summed E-state index contributed by atoms with van der Waals surface area (Å²) in [5.41, 5.74) is 0.977. The van der Waals surface area contributed by atoms with E-state index in [4.69, 9.17) is 9.47 Å². The summed E-state index contributed by atoms with van der Waals surface area (Å²) in [4.78, 5) is 36.7. The average Bonchev–Trinajstić information content (AvgIpc) is 2.65. The van der Waals surface area contributed by atoms with Crippen molar-refractivity contribution in [1.82, 2.24) is 10.6 Å². The summed E-state index contributed by atoms with van der Waals surface area (Å²) in [6.45, 7) is 6.84. The highest BCUT2D eigenvalue weighted by atomic mass is 16.5. The molecule has 1 amide bonds. The van der Waals surface area contributed by atoms with Crippen LogP contribution in [0.3, 0.4) is 0 Å². The quantitative estimate of drug-likeness (QED) is 0.590. The zero-order chi connectivity index (χ0) is 21.2. The molecule has 0 aliphatic heterocycles. The van der Waals surface area contributed by atoms with Crippen molar-refractivity contribution in [2.24, 2.45) is 5.41 Å². The molecule has 0 saturated carbocycles. The Labute approximate surface area is 167 Å². The lowest BCUT2D eigenvalue weighted by Crippen LogP contribution is -2.52. The van der Waals surface area contributed by atoms with Gasteiger partial charge < -0.3 is 20.1 Å². The lowest BCUT2D eigenvalue weighted by Gasteiger charge is -2.24. The molecular formula is C21H32N2O5. The first kappa shape index (κ1) is 23.6. The van der Waals surface area contributed by atoms with Gasteiger partial charge in [0.2, 0.25) is 5.91 Å². The fraction of sp³-hybridized carbons (Fsp3) is 0.571. The van der Waals surface area contributed by atoms with Crippen molar-refractivity contribution in [2.45, 2.75) is 52.1 Å². The van der Waals surface area contributed by atoms with Crippen molar-refractivity contribution in [1.29, 1.82) is 0 Å². The van der Waals surface area contributed by atoms with Crippen molar-refractivity contribution >= 4 is 17.8 Å². The van der Waals surface area contributed by atoms with Crippen LogP contribution in [-0.4, -0.2) is 50.7 Å². The molecule has 0 spiro atoms. The Balaban J connectivity index is 2.83. The minimum atomic E-state index is -0.843. The van der Waals surface area contributed by atoms with Crippen LogP contribution in [0, 0.1) is 5.41 Å². The molecule has 156 valence electrons. The van der Waals surface area contributed by atoms with E-state index in [0.29, 0.717) is 13.0 Å². The van der Waals surface area contributed by atoms with Crippen LogP contribution in [0.2, 0.25) is 0 Å². The molecule has 0 heterocycles. The van der Waals surface area contributed by atoms with Gasteiger partial charge in [0.05, 0.1) is 26.7 Å². The summed E-state index contributed by atoms with van der Waals surface area (Å²) in [7, 11) is 2.55. The third-order valence-electron chi connectivity index (χ3n) is 4.27. The molecule has 7 heteroatoms. The lowest BCUT2D eigenvalue weighted by atomic mass is 9.92. The second-order valence-corrected chi connectivity index (χ2v) is 7.87. The van der Waals surface area contributed by atoms with Crippen LogP contribution in [0.1, 0.15) is 39.2 Å². The molecule has 0 aromatic heterocycles. The Morgan fingerprint density at radius 1 is 1.00 bits per heavy atom. The molecule has 1 aromatic rings. The minimum absolute atomic E-state index is 0.0845. The number of esters is 2. The third-order valence-corrected chi connectivity index (χ3v) is 4.27. The summed E-state index contributed by atoms with van der Waals surface area (Å²) in [6.07, 6.45) is 1.00. The second-order valence-electron chi connectivity index (χ2n) is 7.87. The second kappa shape index (κ2) is 11.4. The number of ether oxygens (including phenoxy) is 2. The van der Waals surface area contributed by atoms with E-state index in [0.717, 1.165) is 12.0 Å². The van der Waals surface area contributed by atoms with Gasteiger partial charge in [0, 0.05) is 6.42 Å². The van der Waals surface area contributed by atoms with E-state index in [-0.39, 0.29) is 11.8 Å². The first-order valence-electron chi connectivity index (χ1n) is 9.38. The molecule has 0 saturated heterocycles. The van der Waals surface area contributed by atoms with Crippen LogP contribution in [0.15, 0.2) is 30.3 Å². The van der Waals surface area contributed by atoms with Crippen LogP contribution >= 0.6 is 0 Å². The van der Waals surface area contributed by atoms with E-state index in [1.807, 2.05) is 30.3 Å². The number of carbonyl (C=O) groups excluding carboxylic acids is 3. The summed E-state index contributed by atoms with van der Waals surface area (Å²) in [5.74, 6) is -1.48. The summed E-state index contributed by atoms with van der Waals surface area (Å²) < 4.78 is 9.52. The molecular weight excluding hydrogens is 360 g/mol. The Kier molecular flexibility index (Phi) is 9.65. The van der Waals surface area contributed by atoms with Gasteiger partial charge in [0.15, 0.2) is 0 Å². The molecule has 7 nitrogen and oxygen atoms in total. The maximum atomic E-state index is 12.8. The first-order valence-corrected chi connectivity index (χ1v) is 9.38. The van der Waals surface area contributed by atoms with E-state index in [9.17, 15) is 14.4 Å². The normalized spacial score (nSPS) is 13.3. The molecule has 0 fully saturated rings. The highest BCUT2D eigenvalue weighted by Gasteiger charge is 2.28. The third kappa shape index (κ3) is 8.99. The van der Waals surface area contributed by atoms with E-state index in [1.165, 1.54) is 14.2 Å². The van der Waals surface area contributed by atoms with Gasteiger partial charge in [-0.2, -0.15) is 0 Å². The van der Waals surface area contributed by atoms with E-state index in [2.05, 4.69) is 31.4 Å². The van der Waals surface area contributed by atoms with Crippen LogP contribution in [0.25, 0.3) is 0 Å². The fourth-order valence-electron chi connectivity index (χ4n) is 2.59. The molecule has 28 heavy (non-hydrogen) atoms. The van der Waals surface area contributed by atoms with Crippen LogP contribution in [0.4, 0.5) is 0 Å². The van der Waals surface area contributed by atoms with Gasteiger partial charge in [-0.15, -0.1) is 0 Å². The SMILES string of the molecule is COC(=O)C[C@H](NCCC(C)(C)C)C(=O)N[C@@H](Cc1ccccc1)C(=O)OC. The number of nitrogens with one attached hydrogen (secondary N) is 2. The Morgan fingerprint density at radius 3 is 2.18 bits per heavy atom. The molecule has 2 N–H and O–H groups in total. The van der Waals surface area contributed by atoms with Gasteiger partial charge in [0.25, 0.3) is 0 Å². The van der Waals surface area contributed by atoms with E-state index < -0.39 is 29.9 Å². The van der Waals surface area contributed by atoms with Crippen molar-refractivity contribution in [3.63, 3.8) is 0 Å². The molecule has 0 unspecified atom stereocenters. The molecule has 1 rings (SSSR count). The largest absolute Gasteiger partial charge is 0.469 e. The van der Waals surface area contributed by atoms with Gasteiger partial charge in [-0.05, 0) is 23.9 Å². The summed E-state index contributed by atoms with van der Waals surface area (Å²) in [6, 6.07) is 7.70. The highest BCUT2D eigenvalue weighted by molar-refractivity contribution is 5.90. The van der Waals surface area contributed by atoms with Crippen LogP contribution in [0.5, 0.6) is 0 Å². The van der Waals surface area contributed by atoms with Gasteiger partial charge in [-0.3, -0.25) is 9.59 Å². The predicted molar refractivity (Wildman–Crippen MR) is 107 cm³/mol. The molecule has 1 aromatic carbocycles. The molecule has 0 aliphatic carbocycles. The Hall–Kier alpha value is -2.41. The number of carbonyl (C=O) groups is 3. The monoisotopic (exact) mass is 392 g/mol. The van der Waals surface area contributed by atoms with E-state index >= 15 is 0 Å². The van der Waals surface area contributed by atoms with Crippen molar-refractivity contribution in [2.75, 3.05) is 20.8 Å². The predicted octanol–water partition coefficient (Wildman–Crippen LogP) is 1.84. The number of rotatable bonds is 10. The van der Waals surface area contributed by atoms with Crippen molar-refractivity contribution < 1.29 is 23.9 Å². The summed E-state index contributed by atoms with van der Waals surface area (Å²) >= 11 is 0. The van der Waals surface area contributed by atoms with Gasteiger partial charge in [-0.25, -0.2) is 4.79 Å². The van der Waals surface area contributed by atoms with Crippen molar-refractivity contribution in [3.05, 3.63) is 35.9 Å². The van der Waals surface area contributed by atoms with Gasteiger partial charge in [-0.1, -0.05) is 51.1 Å². The lowest BCUT2D eigenvalue weighted by molar-refractivity contribution is -0.146. The van der Waals surface area contributed by atoms with Gasteiger partial charge >= 0.3 is 11.9 Å². The Bertz CT molecular complexity index is 640. The van der Waals surface area contributed by atoms with E-state index in [1.54, 1.807) is 0 Å². The minimum Gasteiger partial charge on any atom is -0.469 e. The Morgan fingerprint density at radius 2 is 1.64 bits per heavy atom. The van der Waals surface area contributed by atoms with Crippen LogP contribution in [-0.2, 0) is 30.3 Å².